The molecule has 1 N–H and O–H groups in total. The van der Waals surface area contributed by atoms with Crippen molar-refractivity contribution in [2.24, 2.45) is 0 Å². The van der Waals surface area contributed by atoms with E-state index in [1.54, 1.807) is 25.1 Å². The number of carbonyl (C=O) groups is 2. The number of amides is 1. The third-order valence-corrected chi connectivity index (χ3v) is 3.25. The molecule has 24 heavy (non-hydrogen) atoms. The van der Waals surface area contributed by atoms with Gasteiger partial charge in [-0.3, -0.25) is 4.79 Å². The molecule has 5 nitrogen and oxygen atoms in total. The standard InChI is InChI=1S/C18H18FNO4/c1-3-24-18(22)12-5-4-6-15(10-12)20-17(21)11-13-9-14(19)7-8-16(13)23-2/h4-10H,3,11H2,1-2H3,(H,20,21). The summed E-state index contributed by atoms with van der Waals surface area (Å²) >= 11 is 0. The zero-order chi connectivity index (χ0) is 17.5. The first-order chi connectivity index (χ1) is 11.5. The number of carbonyl (C=O) groups excluding carboxylic acids is 2. The van der Waals surface area contributed by atoms with Crippen LogP contribution in [0, 0.1) is 5.82 Å². The Morgan fingerprint density at radius 2 is 1.96 bits per heavy atom. The molecule has 0 aliphatic rings. The van der Waals surface area contributed by atoms with Gasteiger partial charge in [0.2, 0.25) is 5.91 Å². The van der Waals surface area contributed by atoms with E-state index in [2.05, 4.69) is 5.32 Å². The molecule has 126 valence electrons. The van der Waals surface area contributed by atoms with Gasteiger partial charge in [0, 0.05) is 11.3 Å². The molecule has 0 unspecified atom stereocenters. The van der Waals surface area contributed by atoms with Gasteiger partial charge in [-0.25, -0.2) is 9.18 Å². The molecule has 0 fully saturated rings. The van der Waals surface area contributed by atoms with E-state index < -0.39 is 11.8 Å². The molecule has 0 saturated carbocycles. The molecular weight excluding hydrogens is 313 g/mol. The highest BCUT2D eigenvalue weighted by Gasteiger charge is 2.12. The number of halogens is 1. The van der Waals surface area contributed by atoms with Crippen LogP contribution in [0.3, 0.4) is 0 Å². The van der Waals surface area contributed by atoms with E-state index in [0.29, 0.717) is 22.6 Å². The predicted molar refractivity (Wildman–Crippen MR) is 87.7 cm³/mol. The van der Waals surface area contributed by atoms with Crippen molar-refractivity contribution in [3.05, 3.63) is 59.4 Å². The summed E-state index contributed by atoms with van der Waals surface area (Å²) in [6.07, 6.45) is -0.0510. The number of methoxy groups -OCH3 is 1. The maximum atomic E-state index is 13.3. The lowest BCUT2D eigenvalue weighted by Gasteiger charge is -2.10. The summed E-state index contributed by atoms with van der Waals surface area (Å²) in [5.41, 5.74) is 1.25. The second-order valence-electron chi connectivity index (χ2n) is 4.98. The van der Waals surface area contributed by atoms with Gasteiger partial charge in [0.1, 0.15) is 11.6 Å². The van der Waals surface area contributed by atoms with Gasteiger partial charge < -0.3 is 14.8 Å². The average molecular weight is 331 g/mol. The van der Waals surface area contributed by atoms with Crippen LogP contribution in [0.1, 0.15) is 22.8 Å². The van der Waals surface area contributed by atoms with Crippen LogP contribution in [0.15, 0.2) is 42.5 Å². The number of rotatable bonds is 6. The highest BCUT2D eigenvalue weighted by molar-refractivity contribution is 5.95. The third kappa shape index (κ3) is 4.55. The Hall–Kier alpha value is -2.89. The molecule has 0 aliphatic carbocycles. The molecule has 0 aliphatic heterocycles. The fraction of sp³-hybridized carbons (Fsp3) is 0.222. The Bertz CT molecular complexity index is 746. The van der Waals surface area contributed by atoms with Crippen LogP contribution < -0.4 is 10.1 Å². The lowest BCUT2D eigenvalue weighted by molar-refractivity contribution is -0.115. The van der Waals surface area contributed by atoms with Gasteiger partial charge in [-0.2, -0.15) is 0 Å². The fourth-order valence-corrected chi connectivity index (χ4v) is 2.20. The Morgan fingerprint density at radius 1 is 1.17 bits per heavy atom. The highest BCUT2D eigenvalue weighted by Crippen LogP contribution is 2.20. The van der Waals surface area contributed by atoms with E-state index in [4.69, 9.17) is 9.47 Å². The minimum absolute atomic E-state index is 0.0510. The van der Waals surface area contributed by atoms with Crippen molar-refractivity contribution >= 4 is 17.6 Å². The van der Waals surface area contributed by atoms with Crippen LogP contribution in [0.4, 0.5) is 10.1 Å². The molecule has 0 bridgehead atoms. The quantitative estimate of drug-likeness (QED) is 0.826. The molecule has 0 atom stereocenters. The summed E-state index contributed by atoms with van der Waals surface area (Å²) in [5, 5.41) is 2.67. The second kappa shape index (κ2) is 8.10. The molecule has 0 aromatic heterocycles. The topological polar surface area (TPSA) is 64.6 Å². The number of esters is 1. The first-order valence-corrected chi connectivity index (χ1v) is 7.43. The molecule has 2 aromatic rings. The third-order valence-electron chi connectivity index (χ3n) is 3.25. The molecule has 6 heteroatoms. The van der Waals surface area contributed by atoms with Gasteiger partial charge >= 0.3 is 5.97 Å². The van der Waals surface area contributed by atoms with E-state index in [-0.39, 0.29) is 18.9 Å². The Kier molecular flexibility index (Phi) is 5.89. The maximum Gasteiger partial charge on any atom is 0.338 e. The van der Waals surface area contributed by atoms with E-state index in [1.165, 1.54) is 31.4 Å². The Morgan fingerprint density at radius 3 is 2.67 bits per heavy atom. The molecule has 2 rings (SSSR count). The summed E-state index contributed by atoms with van der Waals surface area (Å²) in [6, 6.07) is 10.4. The number of hydrogen-bond donors (Lipinski definition) is 1. The van der Waals surface area contributed by atoms with Crippen LogP contribution >= 0.6 is 0 Å². The van der Waals surface area contributed by atoms with Crippen molar-refractivity contribution in [3.63, 3.8) is 0 Å². The number of benzene rings is 2. The van der Waals surface area contributed by atoms with Crippen LogP contribution in [-0.4, -0.2) is 25.6 Å². The summed E-state index contributed by atoms with van der Waals surface area (Å²) in [4.78, 5) is 23.9. The van der Waals surface area contributed by atoms with Gasteiger partial charge in [0.05, 0.1) is 25.7 Å². The molecule has 1 amide bonds. The zero-order valence-corrected chi connectivity index (χ0v) is 13.5. The number of ether oxygens (including phenoxy) is 2. The van der Waals surface area contributed by atoms with Gasteiger partial charge in [-0.05, 0) is 43.3 Å². The van der Waals surface area contributed by atoms with Crippen molar-refractivity contribution in [2.45, 2.75) is 13.3 Å². The van der Waals surface area contributed by atoms with Gasteiger partial charge in [0.25, 0.3) is 0 Å². The molecular formula is C18H18FNO4. The summed E-state index contributed by atoms with van der Waals surface area (Å²) in [5.74, 6) is -0.810. The first kappa shape index (κ1) is 17.5. The number of hydrogen-bond acceptors (Lipinski definition) is 4. The van der Waals surface area contributed by atoms with Gasteiger partial charge in [-0.1, -0.05) is 6.07 Å². The van der Waals surface area contributed by atoms with E-state index in [1.807, 2.05) is 0 Å². The summed E-state index contributed by atoms with van der Waals surface area (Å²) in [6.45, 7) is 1.99. The molecule has 0 heterocycles. The van der Waals surface area contributed by atoms with Gasteiger partial charge in [-0.15, -0.1) is 0 Å². The normalized spacial score (nSPS) is 10.1. The lowest BCUT2D eigenvalue weighted by atomic mass is 10.1. The Labute approximate surface area is 139 Å². The monoisotopic (exact) mass is 331 g/mol. The van der Waals surface area contributed by atoms with Crippen LogP contribution in [0.5, 0.6) is 5.75 Å². The first-order valence-electron chi connectivity index (χ1n) is 7.43. The fourth-order valence-electron chi connectivity index (χ4n) is 2.20. The van der Waals surface area contributed by atoms with Crippen LogP contribution in [-0.2, 0) is 16.0 Å². The zero-order valence-electron chi connectivity index (χ0n) is 13.5. The Balaban J connectivity index is 2.09. The second-order valence-corrected chi connectivity index (χ2v) is 4.98. The van der Waals surface area contributed by atoms with Crippen LogP contribution in [0.25, 0.3) is 0 Å². The minimum Gasteiger partial charge on any atom is -0.496 e. The van der Waals surface area contributed by atoms with Crippen molar-refractivity contribution in [1.29, 1.82) is 0 Å². The smallest absolute Gasteiger partial charge is 0.338 e. The number of anilines is 1. The van der Waals surface area contributed by atoms with Crippen LogP contribution in [0.2, 0.25) is 0 Å². The minimum atomic E-state index is -0.458. The summed E-state index contributed by atoms with van der Waals surface area (Å²) < 4.78 is 23.4. The number of nitrogens with one attached hydrogen (secondary N) is 1. The largest absolute Gasteiger partial charge is 0.496 e. The molecule has 0 spiro atoms. The van der Waals surface area contributed by atoms with Crippen molar-refractivity contribution in [2.75, 3.05) is 19.0 Å². The van der Waals surface area contributed by atoms with E-state index >= 15 is 0 Å². The van der Waals surface area contributed by atoms with E-state index in [9.17, 15) is 14.0 Å². The molecule has 0 radical (unpaired) electrons. The van der Waals surface area contributed by atoms with Gasteiger partial charge in [0.15, 0.2) is 0 Å². The van der Waals surface area contributed by atoms with E-state index in [0.717, 1.165) is 0 Å². The van der Waals surface area contributed by atoms with Crippen molar-refractivity contribution in [3.8, 4) is 5.75 Å². The van der Waals surface area contributed by atoms with Crippen molar-refractivity contribution in [1.82, 2.24) is 0 Å². The summed E-state index contributed by atoms with van der Waals surface area (Å²) in [7, 11) is 1.46. The maximum absolute atomic E-state index is 13.3. The SMILES string of the molecule is CCOC(=O)c1cccc(NC(=O)Cc2cc(F)ccc2OC)c1. The van der Waals surface area contributed by atoms with Crippen molar-refractivity contribution < 1.29 is 23.5 Å². The molecule has 2 aromatic carbocycles. The lowest BCUT2D eigenvalue weighted by Crippen LogP contribution is -2.15. The average Bonchev–Trinajstić information content (AvgIpc) is 2.55. The molecule has 0 saturated heterocycles. The predicted octanol–water partition coefficient (Wildman–Crippen LogP) is 3.19. The highest BCUT2D eigenvalue weighted by atomic mass is 19.1.